The molecule has 0 radical (unpaired) electrons. The zero-order valence-corrected chi connectivity index (χ0v) is 13.7. The number of hydrogen-bond donors (Lipinski definition) is 0. The van der Waals surface area contributed by atoms with Crippen LogP contribution >= 0.6 is 0 Å². The van der Waals surface area contributed by atoms with Crippen LogP contribution in [0.25, 0.3) is 0 Å². The molecule has 0 spiro atoms. The summed E-state index contributed by atoms with van der Waals surface area (Å²) in [5, 5.41) is 0. The Hall–Kier alpha value is 0.137. The lowest BCUT2D eigenvalue weighted by Crippen LogP contribution is -2.51. The minimum Gasteiger partial charge on any atom is -0.394 e. The molecule has 17 heavy (non-hydrogen) atoms. The Morgan fingerprint density at radius 1 is 0.647 bits per heavy atom. The van der Waals surface area contributed by atoms with Crippen LogP contribution in [0.4, 0.5) is 0 Å². The molecular weight excluding hydrogens is 228 g/mol. The fourth-order valence-electron chi connectivity index (χ4n) is 3.01. The van der Waals surface area contributed by atoms with Gasteiger partial charge < -0.3 is 8.85 Å². The molecule has 0 saturated heterocycles. The number of hydrogen-bond acceptors (Lipinski definition) is 2. The van der Waals surface area contributed by atoms with Gasteiger partial charge in [-0.1, -0.05) is 53.4 Å². The summed E-state index contributed by atoms with van der Waals surface area (Å²) >= 11 is 0. The Kier molecular flexibility index (Phi) is 9.19. The van der Waals surface area contributed by atoms with E-state index in [-0.39, 0.29) is 0 Å². The van der Waals surface area contributed by atoms with E-state index in [2.05, 4.69) is 41.5 Å². The maximum atomic E-state index is 6.27. The minimum atomic E-state index is -2.05. The molecule has 0 aliphatic heterocycles. The van der Waals surface area contributed by atoms with Gasteiger partial charge in [0.25, 0.3) is 0 Å². The highest BCUT2D eigenvalue weighted by Crippen LogP contribution is 2.42. The Labute approximate surface area is 109 Å². The smallest absolute Gasteiger partial charge is 0.344 e. The van der Waals surface area contributed by atoms with Gasteiger partial charge in [-0.15, -0.1) is 0 Å². The van der Waals surface area contributed by atoms with Crippen molar-refractivity contribution in [1.82, 2.24) is 0 Å². The molecule has 0 aromatic rings. The third kappa shape index (κ3) is 4.07. The van der Waals surface area contributed by atoms with Crippen LogP contribution in [-0.4, -0.2) is 21.8 Å². The Bertz CT molecular complexity index is 157. The van der Waals surface area contributed by atoms with E-state index in [1.54, 1.807) is 0 Å². The third-order valence-electron chi connectivity index (χ3n) is 3.85. The second-order valence-corrected chi connectivity index (χ2v) is 8.27. The summed E-state index contributed by atoms with van der Waals surface area (Å²) in [5.74, 6) is 0. The first-order chi connectivity index (χ1) is 8.16. The summed E-state index contributed by atoms with van der Waals surface area (Å²) in [6.45, 7) is 14.9. The van der Waals surface area contributed by atoms with E-state index in [4.69, 9.17) is 8.85 Å². The molecule has 0 unspecified atom stereocenters. The van der Waals surface area contributed by atoms with Crippen molar-refractivity contribution in [3.8, 4) is 0 Å². The molecule has 0 aromatic heterocycles. The quantitative estimate of drug-likeness (QED) is 0.521. The van der Waals surface area contributed by atoms with Crippen molar-refractivity contribution >= 4 is 8.56 Å². The summed E-state index contributed by atoms with van der Waals surface area (Å²) in [5.41, 5.74) is 1.26. The lowest BCUT2D eigenvalue weighted by atomic mass is 10.2. The lowest BCUT2D eigenvalue weighted by molar-refractivity contribution is 0.157. The highest BCUT2D eigenvalue weighted by Gasteiger charge is 2.49. The van der Waals surface area contributed by atoms with Gasteiger partial charge in [0.2, 0.25) is 0 Å². The van der Waals surface area contributed by atoms with Crippen LogP contribution in [0.1, 0.15) is 67.2 Å². The first kappa shape index (κ1) is 17.1. The van der Waals surface area contributed by atoms with E-state index < -0.39 is 8.56 Å². The molecule has 2 nitrogen and oxygen atoms in total. The van der Waals surface area contributed by atoms with E-state index in [9.17, 15) is 0 Å². The molecule has 0 bridgehead atoms. The second-order valence-electron chi connectivity index (χ2n) is 4.61. The van der Waals surface area contributed by atoms with E-state index in [1.165, 1.54) is 25.7 Å². The van der Waals surface area contributed by atoms with Crippen LogP contribution in [0.15, 0.2) is 0 Å². The van der Waals surface area contributed by atoms with E-state index in [0.717, 1.165) is 13.2 Å². The van der Waals surface area contributed by atoms with Crippen molar-refractivity contribution in [3.05, 3.63) is 0 Å². The first-order valence-corrected chi connectivity index (χ1v) is 9.41. The van der Waals surface area contributed by atoms with Gasteiger partial charge in [-0.3, -0.25) is 0 Å². The molecule has 0 aromatic carbocycles. The zero-order valence-electron chi connectivity index (χ0n) is 12.7. The van der Waals surface area contributed by atoms with Crippen LogP contribution in [0.5, 0.6) is 0 Å². The molecule has 0 aliphatic rings. The maximum Gasteiger partial charge on any atom is 0.344 e. The van der Waals surface area contributed by atoms with Crippen LogP contribution in [0, 0.1) is 0 Å². The molecule has 0 aliphatic carbocycles. The van der Waals surface area contributed by atoms with E-state index in [1.807, 2.05) is 0 Å². The monoisotopic (exact) mass is 260 g/mol. The van der Waals surface area contributed by atoms with Gasteiger partial charge in [0, 0.05) is 24.3 Å². The molecule has 0 rings (SSSR count). The van der Waals surface area contributed by atoms with Gasteiger partial charge in [-0.05, 0) is 13.8 Å². The standard InChI is InChI=1S/C14H32O2Si/c1-7-13(8-2)17(15-11-5,16-12-6)14(9-3)10-4/h13-14H,7-12H2,1-6H3. The average Bonchev–Trinajstić information content (AvgIpc) is 2.32. The summed E-state index contributed by atoms with van der Waals surface area (Å²) in [7, 11) is -2.05. The van der Waals surface area contributed by atoms with Gasteiger partial charge in [0.15, 0.2) is 0 Å². The summed E-state index contributed by atoms with van der Waals surface area (Å²) in [6.07, 6.45) is 4.72. The number of rotatable bonds is 10. The van der Waals surface area contributed by atoms with Crippen molar-refractivity contribution in [2.75, 3.05) is 13.2 Å². The lowest BCUT2D eigenvalue weighted by Gasteiger charge is -2.41. The van der Waals surface area contributed by atoms with E-state index >= 15 is 0 Å². The van der Waals surface area contributed by atoms with Crippen molar-refractivity contribution in [3.63, 3.8) is 0 Å². The van der Waals surface area contributed by atoms with Crippen molar-refractivity contribution in [2.24, 2.45) is 0 Å². The van der Waals surface area contributed by atoms with Gasteiger partial charge >= 0.3 is 8.56 Å². The fourth-order valence-corrected chi connectivity index (χ4v) is 7.88. The molecule has 0 heterocycles. The highest BCUT2D eigenvalue weighted by atomic mass is 28.4. The molecule has 104 valence electrons. The average molecular weight is 260 g/mol. The molecular formula is C14H32O2Si. The predicted molar refractivity (Wildman–Crippen MR) is 77.7 cm³/mol. The Balaban J connectivity index is 5.20. The van der Waals surface area contributed by atoms with Crippen molar-refractivity contribution in [2.45, 2.75) is 78.3 Å². The van der Waals surface area contributed by atoms with Crippen molar-refractivity contribution in [1.29, 1.82) is 0 Å². The molecule has 0 atom stereocenters. The highest BCUT2D eigenvalue weighted by molar-refractivity contribution is 6.70. The summed E-state index contributed by atoms with van der Waals surface area (Å²) in [6, 6.07) is 0. The topological polar surface area (TPSA) is 18.5 Å². The van der Waals surface area contributed by atoms with E-state index in [0.29, 0.717) is 11.1 Å². The largest absolute Gasteiger partial charge is 0.394 e. The van der Waals surface area contributed by atoms with Gasteiger partial charge in [-0.2, -0.15) is 0 Å². The van der Waals surface area contributed by atoms with Crippen LogP contribution < -0.4 is 0 Å². The molecule has 0 saturated carbocycles. The summed E-state index contributed by atoms with van der Waals surface area (Å²) < 4.78 is 12.5. The van der Waals surface area contributed by atoms with Gasteiger partial charge in [-0.25, -0.2) is 0 Å². The van der Waals surface area contributed by atoms with Gasteiger partial charge in [0.1, 0.15) is 0 Å². The van der Waals surface area contributed by atoms with Gasteiger partial charge in [0.05, 0.1) is 0 Å². The zero-order chi connectivity index (χ0) is 13.3. The summed E-state index contributed by atoms with van der Waals surface area (Å²) in [4.78, 5) is 0. The van der Waals surface area contributed by atoms with Crippen molar-refractivity contribution < 1.29 is 8.85 Å². The van der Waals surface area contributed by atoms with Crippen LogP contribution in [0.3, 0.4) is 0 Å². The third-order valence-corrected chi connectivity index (χ3v) is 9.24. The second kappa shape index (κ2) is 9.12. The Morgan fingerprint density at radius 2 is 0.941 bits per heavy atom. The molecule has 0 fully saturated rings. The molecule has 3 heteroatoms. The van der Waals surface area contributed by atoms with Crippen LogP contribution in [0.2, 0.25) is 11.1 Å². The maximum absolute atomic E-state index is 6.27. The molecule has 0 N–H and O–H groups in total. The van der Waals surface area contributed by atoms with Crippen LogP contribution in [-0.2, 0) is 8.85 Å². The molecule has 0 amide bonds. The normalized spacial score (nSPS) is 12.7. The SMILES string of the molecule is CCO[Si](OCC)(C(CC)CC)C(CC)CC. The first-order valence-electron chi connectivity index (χ1n) is 7.44. The minimum absolute atomic E-state index is 0.632. The Morgan fingerprint density at radius 3 is 1.12 bits per heavy atom. The predicted octanol–water partition coefficient (Wildman–Crippen LogP) is 4.88. The fraction of sp³-hybridized carbons (Fsp3) is 1.00.